The summed E-state index contributed by atoms with van der Waals surface area (Å²) < 4.78 is 8.60. The molecule has 0 aliphatic carbocycles. The summed E-state index contributed by atoms with van der Waals surface area (Å²) in [4.78, 5) is 10.5. The average Bonchev–Trinajstić information content (AvgIpc) is 3.79. The molecular weight excluding hydrogens is 659 g/mol. The molecule has 0 N–H and O–H groups in total. The van der Waals surface area contributed by atoms with Crippen LogP contribution >= 0.6 is 0 Å². The Balaban J connectivity index is 1.09. The molecule has 4 nitrogen and oxygen atoms in total. The quantitative estimate of drug-likeness (QED) is 0.181. The van der Waals surface area contributed by atoms with Crippen LogP contribution in [0.3, 0.4) is 0 Å². The third kappa shape index (κ3) is 4.78. The normalized spacial score (nSPS) is 11.7. The molecule has 0 fully saturated rings. The summed E-state index contributed by atoms with van der Waals surface area (Å²) in [5, 5.41) is 6.67. The molecule has 11 rings (SSSR count). The van der Waals surface area contributed by atoms with E-state index in [-0.39, 0.29) is 0 Å². The maximum atomic E-state index is 6.45. The second-order valence-corrected chi connectivity index (χ2v) is 13.8. The van der Waals surface area contributed by atoms with Crippen LogP contribution in [-0.2, 0) is 0 Å². The number of aromatic nitrogens is 3. The van der Waals surface area contributed by atoms with Crippen LogP contribution in [0.5, 0.6) is 0 Å². The van der Waals surface area contributed by atoms with E-state index >= 15 is 0 Å². The predicted molar refractivity (Wildman–Crippen MR) is 223 cm³/mol. The lowest BCUT2D eigenvalue weighted by Gasteiger charge is -2.14. The van der Waals surface area contributed by atoms with Gasteiger partial charge in [-0.25, -0.2) is 4.98 Å². The number of benzene rings is 8. The SMILES string of the molecule is c1ccc(-c2cccc(-c3cccc4cccc(-c5ccc(-c6nc(-n7c8ccccc8c8ccccc87)nc7oc8ccccc8c67)cc5)c34)c2)cc1. The van der Waals surface area contributed by atoms with Gasteiger partial charge in [0.1, 0.15) is 5.58 Å². The van der Waals surface area contributed by atoms with Crippen LogP contribution < -0.4 is 0 Å². The Bertz CT molecular complexity index is 3150. The van der Waals surface area contributed by atoms with Crippen molar-refractivity contribution in [1.29, 1.82) is 0 Å². The second-order valence-electron chi connectivity index (χ2n) is 13.8. The number of para-hydroxylation sites is 3. The molecule has 252 valence electrons. The fraction of sp³-hybridized carbons (Fsp3) is 0. The highest BCUT2D eigenvalue weighted by Gasteiger charge is 2.21. The molecule has 0 bridgehead atoms. The molecule has 0 aliphatic heterocycles. The molecule has 0 aliphatic rings. The molecule has 11 aromatic rings. The zero-order valence-electron chi connectivity index (χ0n) is 29.1. The molecule has 8 aromatic carbocycles. The van der Waals surface area contributed by atoms with E-state index in [4.69, 9.17) is 14.4 Å². The van der Waals surface area contributed by atoms with Gasteiger partial charge in [-0.2, -0.15) is 4.98 Å². The zero-order valence-corrected chi connectivity index (χ0v) is 29.1. The van der Waals surface area contributed by atoms with Crippen LogP contribution in [0, 0.1) is 0 Å². The number of hydrogen-bond donors (Lipinski definition) is 0. The number of furan rings is 1. The monoisotopic (exact) mass is 689 g/mol. The first-order valence-electron chi connectivity index (χ1n) is 18.2. The van der Waals surface area contributed by atoms with Gasteiger partial charge in [-0.3, -0.25) is 4.57 Å². The largest absolute Gasteiger partial charge is 0.437 e. The first-order chi connectivity index (χ1) is 26.8. The summed E-state index contributed by atoms with van der Waals surface area (Å²) >= 11 is 0. The summed E-state index contributed by atoms with van der Waals surface area (Å²) in [5.74, 6) is 0.578. The van der Waals surface area contributed by atoms with E-state index in [0.29, 0.717) is 11.7 Å². The van der Waals surface area contributed by atoms with Crippen molar-refractivity contribution in [2.75, 3.05) is 0 Å². The highest BCUT2D eigenvalue weighted by molar-refractivity contribution is 6.12. The van der Waals surface area contributed by atoms with Crippen molar-refractivity contribution in [1.82, 2.24) is 14.5 Å². The van der Waals surface area contributed by atoms with Crippen molar-refractivity contribution in [3.8, 4) is 50.6 Å². The Morgan fingerprint density at radius 1 is 0.389 bits per heavy atom. The zero-order chi connectivity index (χ0) is 35.6. The van der Waals surface area contributed by atoms with Crippen LogP contribution in [0.15, 0.2) is 192 Å². The maximum absolute atomic E-state index is 6.45. The summed E-state index contributed by atoms with van der Waals surface area (Å²) in [7, 11) is 0. The molecule has 3 heterocycles. The average molecular weight is 690 g/mol. The predicted octanol–water partition coefficient (Wildman–Crippen LogP) is 13.3. The fourth-order valence-corrected chi connectivity index (χ4v) is 8.19. The minimum absolute atomic E-state index is 0.568. The Hall–Kier alpha value is -7.30. The summed E-state index contributed by atoms with van der Waals surface area (Å²) in [6, 6.07) is 66.4. The van der Waals surface area contributed by atoms with E-state index in [9.17, 15) is 0 Å². The second kappa shape index (κ2) is 12.1. The van der Waals surface area contributed by atoms with E-state index in [1.54, 1.807) is 0 Å². The first kappa shape index (κ1) is 30.3. The summed E-state index contributed by atoms with van der Waals surface area (Å²) in [6.07, 6.45) is 0. The van der Waals surface area contributed by atoms with Crippen LogP contribution in [0.2, 0.25) is 0 Å². The lowest BCUT2D eigenvalue weighted by atomic mass is 9.90. The summed E-state index contributed by atoms with van der Waals surface area (Å²) in [5.41, 5.74) is 12.4. The van der Waals surface area contributed by atoms with E-state index in [0.717, 1.165) is 55.0 Å². The molecule has 0 spiro atoms. The van der Waals surface area contributed by atoms with Crippen LogP contribution in [0.4, 0.5) is 0 Å². The van der Waals surface area contributed by atoms with Gasteiger partial charge in [0.25, 0.3) is 0 Å². The van der Waals surface area contributed by atoms with E-state index in [1.807, 2.05) is 18.2 Å². The number of fused-ring (bicyclic) bond motifs is 7. The van der Waals surface area contributed by atoms with Crippen molar-refractivity contribution in [2.45, 2.75) is 0 Å². The Labute approximate surface area is 311 Å². The van der Waals surface area contributed by atoms with Crippen molar-refractivity contribution in [2.24, 2.45) is 0 Å². The first-order valence-corrected chi connectivity index (χ1v) is 18.2. The van der Waals surface area contributed by atoms with Crippen molar-refractivity contribution >= 4 is 54.6 Å². The molecule has 0 unspecified atom stereocenters. The highest BCUT2D eigenvalue weighted by Crippen LogP contribution is 2.41. The smallest absolute Gasteiger partial charge is 0.238 e. The van der Waals surface area contributed by atoms with E-state index < -0.39 is 0 Å². The Kier molecular flexibility index (Phi) is 6.82. The van der Waals surface area contributed by atoms with Gasteiger partial charge in [-0.05, 0) is 68.4 Å². The third-order valence-electron chi connectivity index (χ3n) is 10.7. The maximum Gasteiger partial charge on any atom is 0.238 e. The van der Waals surface area contributed by atoms with Gasteiger partial charge < -0.3 is 4.42 Å². The standard InChI is InChI=1S/C50H31N3O/c1-2-13-32(14-3-1)36-17-10-18-37(31-36)39-23-12-16-34-15-11-22-38(46(34)39)33-27-29-35(30-28-33)48-47-42-21-6-9-26-45(42)54-49(47)52-50(51-48)53-43-24-7-4-19-40(43)41-20-5-8-25-44(41)53/h1-31H. The molecule has 0 saturated heterocycles. The molecule has 3 aromatic heterocycles. The van der Waals surface area contributed by atoms with Gasteiger partial charge in [-0.15, -0.1) is 0 Å². The molecule has 0 amide bonds. The van der Waals surface area contributed by atoms with Crippen LogP contribution in [0.25, 0.3) is 105 Å². The summed E-state index contributed by atoms with van der Waals surface area (Å²) in [6.45, 7) is 0. The molecule has 0 atom stereocenters. The van der Waals surface area contributed by atoms with Crippen molar-refractivity contribution in [3.63, 3.8) is 0 Å². The van der Waals surface area contributed by atoms with E-state index in [2.05, 4.69) is 174 Å². The van der Waals surface area contributed by atoms with Gasteiger partial charge in [0, 0.05) is 21.7 Å². The van der Waals surface area contributed by atoms with Crippen molar-refractivity contribution in [3.05, 3.63) is 188 Å². The van der Waals surface area contributed by atoms with Crippen LogP contribution in [-0.4, -0.2) is 14.5 Å². The number of hydrogen-bond acceptors (Lipinski definition) is 3. The lowest BCUT2D eigenvalue weighted by Crippen LogP contribution is -2.02. The van der Waals surface area contributed by atoms with Gasteiger partial charge in [-0.1, -0.05) is 164 Å². The topological polar surface area (TPSA) is 43.9 Å². The van der Waals surface area contributed by atoms with Gasteiger partial charge >= 0.3 is 0 Å². The highest BCUT2D eigenvalue weighted by atomic mass is 16.3. The minimum atomic E-state index is 0.568. The molecular formula is C50H31N3O. The molecule has 4 heteroatoms. The molecule has 0 radical (unpaired) electrons. The van der Waals surface area contributed by atoms with Crippen molar-refractivity contribution < 1.29 is 4.42 Å². The Morgan fingerprint density at radius 3 is 1.70 bits per heavy atom. The fourth-order valence-electron chi connectivity index (χ4n) is 8.19. The van der Waals surface area contributed by atoms with Gasteiger partial charge in [0.15, 0.2) is 0 Å². The van der Waals surface area contributed by atoms with Gasteiger partial charge in [0.2, 0.25) is 11.7 Å². The van der Waals surface area contributed by atoms with E-state index in [1.165, 1.54) is 38.6 Å². The number of nitrogens with zero attached hydrogens (tertiary/aromatic N) is 3. The molecule has 0 saturated carbocycles. The lowest BCUT2D eigenvalue weighted by molar-refractivity contribution is 0.651. The minimum Gasteiger partial charge on any atom is -0.437 e. The number of rotatable bonds is 5. The Morgan fingerprint density at radius 2 is 0.963 bits per heavy atom. The van der Waals surface area contributed by atoms with Crippen LogP contribution in [0.1, 0.15) is 0 Å². The molecule has 54 heavy (non-hydrogen) atoms. The van der Waals surface area contributed by atoms with Gasteiger partial charge in [0.05, 0.1) is 22.1 Å². The third-order valence-corrected chi connectivity index (χ3v) is 10.7.